The van der Waals surface area contributed by atoms with E-state index >= 15 is 0 Å². The van der Waals surface area contributed by atoms with Crippen LogP contribution in [-0.2, 0) is 11.0 Å². The van der Waals surface area contributed by atoms with Crippen LogP contribution in [-0.4, -0.2) is 64.1 Å². The molecule has 2 aromatic heterocycles. The molecule has 0 bridgehead atoms. The molecule has 0 radical (unpaired) electrons. The van der Waals surface area contributed by atoms with Gasteiger partial charge in [0, 0.05) is 36.3 Å². The molecule has 14 heteroatoms. The van der Waals surface area contributed by atoms with Crippen molar-refractivity contribution in [3.8, 4) is 11.3 Å². The fourth-order valence-corrected chi connectivity index (χ4v) is 5.72. The van der Waals surface area contributed by atoms with Crippen molar-refractivity contribution in [3.05, 3.63) is 57.8 Å². The Kier molecular flexibility index (Phi) is 7.49. The Balaban J connectivity index is 1.20. The molecule has 2 saturated heterocycles. The summed E-state index contributed by atoms with van der Waals surface area (Å²) in [4.78, 5) is 36.5. The average molecular weight is 584 g/mol. The number of hydrogen-bond acceptors (Lipinski definition) is 7. The maximum atomic E-state index is 14.5. The SMILES string of the molecule is O=C(Nc1nc(-c2cccc(C(F)(F)F)c2F)cs1)c1cnc(N2CC(N3CCC(C(=O)O)CC3)C2)c(Cl)c1. The number of carbonyl (C=O) groups is 2. The van der Waals surface area contributed by atoms with Crippen LogP contribution in [0.2, 0.25) is 5.02 Å². The van der Waals surface area contributed by atoms with Crippen molar-refractivity contribution in [2.24, 2.45) is 5.92 Å². The molecule has 2 N–H and O–H groups in total. The van der Waals surface area contributed by atoms with Crippen LogP contribution in [0.15, 0.2) is 35.8 Å². The van der Waals surface area contributed by atoms with Crippen LogP contribution in [0.1, 0.15) is 28.8 Å². The molecular weight excluding hydrogens is 562 g/mol. The van der Waals surface area contributed by atoms with Gasteiger partial charge in [0.2, 0.25) is 0 Å². The number of anilines is 2. The Morgan fingerprint density at radius 3 is 2.54 bits per heavy atom. The maximum Gasteiger partial charge on any atom is 0.419 e. The predicted molar refractivity (Wildman–Crippen MR) is 138 cm³/mol. The zero-order chi connectivity index (χ0) is 27.9. The number of aliphatic carboxylic acids is 1. The van der Waals surface area contributed by atoms with Gasteiger partial charge in [0.05, 0.1) is 27.8 Å². The van der Waals surface area contributed by atoms with Gasteiger partial charge in [-0.25, -0.2) is 14.4 Å². The van der Waals surface area contributed by atoms with E-state index in [0.717, 1.165) is 30.5 Å². The third-order valence-corrected chi connectivity index (χ3v) is 7.98. The Morgan fingerprint density at radius 2 is 1.90 bits per heavy atom. The molecule has 206 valence electrons. The summed E-state index contributed by atoms with van der Waals surface area (Å²) in [5.41, 5.74) is -1.60. The van der Waals surface area contributed by atoms with Crippen molar-refractivity contribution in [1.29, 1.82) is 0 Å². The van der Waals surface area contributed by atoms with E-state index in [0.29, 0.717) is 37.8 Å². The van der Waals surface area contributed by atoms with Crippen LogP contribution in [0.4, 0.5) is 28.5 Å². The number of alkyl halides is 3. The molecule has 1 aromatic carbocycles. The molecular formula is C25H22ClF4N5O3S. The van der Waals surface area contributed by atoms with E-state index in [1.807, 2.05) is 4.90 Å². The maximum absolute atomic E-state index is 14.5. The number of carboxylic acids is 1. The molecule has 8 nitrogen and oxygen atoms in total. The van der Waals surface area contributed by atoms with Gasteiger partial charge >= 0.3 is 12.1 Å². The molecule has 0 aliphatic carbocycles. The van der Waals surface area contributed by atoms with Crippen LogP contribution in [0.3, 0.4) is 0 Å². The number of rotatable bonds is 6. The van der Waals surface area contributed by atoms with Crippen LogP contribution in [0.5, 0.6) is 0 Å². The lowest BCUT2D eigenvalue weighted by Crippen LogP contribution is -2.61. The lowest BCUT2D eigenvalue weighted by molar-refractivity contribution is -0.143. The number of pyridine rings is 1. The number of piperidine rings is 1. The fourth-order valence-electron chi connectivity index (χ4n) is 4.73. The summed E-state index contributed by atoms with van der Waals surface area (Å²) in [7, 11) is 0. The molecule has 0 spiro atoms. The highest BCUT2D eigenvalue weighted by Crippen LogP contribution is 2.36. The number of carboxylic acid groups (broad SMARTS) is 1. The minimum absolute atomic E-state index is 0.0371. The summed E-state index contributed by atoms with van der Waals surface area (Å²) in [6.45, 7) is 2.83. The van der Waals surface area contributed by atoms with Gasteiger partial charge in [0.15, 0.2) is 5.13 Å². The number of benzene rings is 1. The zero-order valence-electron chi connectivity index (χ0n) is 20.2. The van der Waals surface area contributed by atoms with Crippen molar-refractivity contribution in [2.45, 2.75) is 25.1 Å². The monoisotopic (exact) mass is 583 g/mol. The Bertz CT molecular complexity index is 1400. The quantitative estimate of drug-likeness (QED) is 0.382. The number of carbonyl (C=O) groups excluding carboxylic acids is 1. The Labute approximate surface area is 229 Å². The van der Waals surface area contributed by atoms with Crippen molar-refractivity contribution < 1.29 is 32.3 Å². The molecule has 2 fully saturated rings. The first-order chi connectivity index (χ1) is 18.5. The first-order valence-electron chi connectivity index (χ1n) is 12.0. The van der Waals surface area contributed by atoms with Crippen LogP contribution in [0.25, 0.3) is 11.3 Å². The Hall–Kier alpha value is -3.29. The number of halogens is 5. The lowest BCUT2D eigenvalue weighted by Gasteiger charge is -2.48. The molecule has 1 amide bonds. The Morgan fingerprint density at radius 1 is 1.18 bits per heavy atom. The number of likely N-dealkylation sites (tertiary alicyclic amines) is 1. The first-order valence-corrected chi connectivity index (χ1v) is 13.3. The predicted octanol–water partition coefficient (Wildman–Crippen LogP) is 5.25. The summed E-state index contributed by atoms with van der Waals surface area (Å²) in [5.74, 6) is -2.52. The largest absolute Gasteiger partial charge is 0.481 e. The van der Waals surface area contributed by atoms with E-state index in [4.69, 9.17) is 16.7 Å². The number of amides is 1. The second-order valence-electron chi connectivity index (χ2n) is 9.39. The summed E-state index contributed by atoms with van der Waals surface area (Å²) in [6.07, 6.45) is -2.22. The van der Waals surface area contributed by atoms with E-state index in [9.17, 15) is 27.2 Å². The van der Waals surface area contributed by atoms with Gasteiger partial charge in [0.25, 0.3) is 5.91 Å². The highest BCUT2D eigenvalue weighted by molar-refractivity contribution is 7.14. The van der Waals surface area contributed by atoms with Gasteiger partial charge in [-0.2, -0.15) is 13.2 Å². The lowest BCUT2D eigenvalue weighted by atomic mass is 9.94. The molecule has 2 aliphatic rings. The summed E-state index contributed by atoms with van der Waals surface area (Å²) >= 11 is 7.35. The van der Waals surface area contributed by atoms with Crippen molar-refractivity contribution >= 4 is 45.8 Å². The van der Waals surface area contributed by atoms with E-state index in [1.165, 1.54) is 23.7 Å². The number of aromatic nitrogens is 2. The second-order valence-corrected chi connectivity index (χ2v) is 10.7. The van der Waals surface area contributed by atoms with E-state index in [-0.39, 0.29) is 38.9 Å². The average Bonchev–Trinajstić information content (AvgIpc) is 3.31. The molecule has 3 aromatic rings. The minimum atomic E-state index is -4.85. The standard InChI is InChI=1S/C25H22ClF4N5O3S/c26-18-8-14(9-31-21(18)35-10-15(11-35)34-6-4-13(5-7-34)23(37)38)22(36)33-24-32-19(12-39-24)16-2-1-3-17(20(16)27)25(28,29)30/h1-3,8-9,12-13,15H,4-7,10-11H2,(H,37,38)(H,32,33,36). The van der Waals surface area contributed by atoms with Crippen LogP contribution >= 0.6 is 22.9 Å². The summed E-state index contributed by atoms with van der Waals surface area (Å²) in [6, 6.07) is 4.67. The third-order valence-electron chi connectivity index (χ3n) is 6.95. The van der Waals surface area contributed by atoms with Gasteiger partial charge < -0.3 is 10.0 Å². The molecule has 0 saturated carbocycles. The first kappa shape index (κ1) is 27.3. The topological polar surface area (TPSA) is 98.7 Å². The molecule has 39 heavy (non-hydrogen) atoms. The fraction of sp³-hybridized carbons (Fsp3) is 0.360. The minimum Gasteiger partial charge on any atom is -0.481 e. The number of hydrogen-bond donors (Lipinski definition) is 2. The molecule has 4 heterocycles. The van der Waals surface area contributed by atoms with E-state index < -0.39 is 29.4 Å². The zero-order valence-corrected chi connectivity index (χ0v) is 21.8. The van der Waals surface area contributed by atoms with Gasteiger partial charge in [-0.15, -0.1) is 11.3 Å². The summed E-state index contributed by atoms with van der Waals surface area (Å²) in [5, 5.41) is 13.4. The summed E-state index contributed by atoms with van der Waals surface area (Å²) < 4.78 is 53.6. The second kappa shape index (κ2) is 10.7. The highest BCUT2D eigenvalue weighted by atomic mass is 35.5. The smallest absolute Gasteiger partial charge is 0.419 e. The highest BCUT2D eigenvalue weighted by Gasteiger charge is 2.37. The third kappa shape index (κ3) is 5.70. The number of thiazole rings is 1. The van der Waals surface area contributed by atoms with E-state index in [2.05, 4.69) is 20.2 Å². The van der Waals surface area contributed by atoms with Crippen molar-refractivity contribution in [3.63, 3.8) is 0 Å². The van der Waals surface area contributed by atoms with E-state index in [1.54, 1.807) is 0 Å². The van der Waals surface area contributed by atoms with Crippen LogP contribution in [0, 0.1) is 11.7 Å². The van der Waals surface area contributed by atoms with Gasteiger partial charge in [-0.3, -0.25) is 19.8 Å². The number of nitrogens with one attached hydrogen (secondary N) is 1. The van der Waals surface area contributed by atoms with Crippen LogP contribution < -0.4 is 10.2 Å². The molecule has 5 rings (SSSR count). The van der Waals surface area contributed by atoms with Crippen molar-refractivity contribution in [2.75, 3.05) is 36.4 Å². The number of nitrogens with zero attached hydrogens (tertiary/aromatic N) is 4. The van der Waals surface area contributed by atoms with Gasteiger partial charge in [-0.1, -0.05) is 17.7 Å². The molecule has 2 aliphatic heterocycles. The molecule has 0 unspecified atom stereocenters. The van der Waals surface area contributed by atoms with Gasteiger partial charge in [-0.05, 0) is 44.1 Å². The van der Waals surface area contributed by atoms with Crippen molar-refractivity contribution in [1.82, 2.24) is 14.9 Å². The molecule has 0 atom stereocenters. The normalized spacial score (nSPS) is 17.2. The van der Waals surface area contributed by atoms with Gasteiger partial charge in [0.1, 0.15) is 11.6 Å².